The van der Waals surface area contributed by atoms with Crippen LogP contribution < -0.4 is 0 Å². The molecular weight excluding hydrogens is 1380 g/mol. The Bertz CT molecular complexity index is 2530. The average molecular weight is 1530 g/mol. The lowest BCUT2D eigenvalue weighted by Crippen LogP contribution is -2.30. The summed E-state index contributed by atoms with van der Waals surface area (Å²) in [4.78, 5) is 73.1. The van der Waals surface area contributed by atoms with Crippen molar-refractivity contribution in [2.45, 2.75) is 354 Å². The molecule has 5 unspecified atom stereocenters. The zero-order chi connectivity index (χ0) is 77.4. The molecule has 3 N–H and O–H groups in total. The fraction of sp³-hybridized carbons (Fsp3) is 0.701. The number of phosphoric acid groups is 2. The molecule has 0 rings (SSSR count). The second-order valence-corrected chi connectivity index (χ2v) is 30.2. The van der Waals surface area contributed by atoms with E-state index in [1.54, 1.807) is 0 Å². The van der Waals surface area contributed by atoms with Crippen molar-refractivity contribution in [3.63, 3.8) is 0 Å². The summed E-state index contributed by atoms with van der Waals surface area (Å²) in [5, 5.41) is 10.7. The van der Waals surface area contributed by atoms with Gasteiger partial charge >= 0.3 is 39.5 Å². The number of phosphoric ester groups is 2. The van der Waals surface area contributed by atoms with Gasteiger partial charge in [0.15, 0.2) is 12.2 Å². The number of ether oxygens (including phenoxy) is 4. The molecule has 0 aliphatic heterocycles. The van der Waals surface area contributed by atoms with Crippen LogP contribution in [0.4, 0.5) is 0 Å². The molecule has 0 saturated heterocycles. The number of aliphatic hydroxyl groups excluding tert-OH is 1. The molecule has 0 amide bonds. The van der Waals surface area contributed by atoms with E-state index in [2.05, 4.69) is 149 Å². The van der Waals surface area contributed by atoms with E-state index in [0.29, 0.717) is 32.1 Å². The quantitative estimate of drug-likeness (QED) is 0.0169. The van der Waals surface area contributed by atoms with Gasteiger partial charge in [-0.25, -0.2) is 9.13 Å². The monoisotopic (exact) mass is 1530 g/mol. The Hall–Kier alpha value is -4.80. The number of esters is 4. The van der Waals surface area contributed by atoms with Crippen molar-refractivity contribution in [3.05, 3.63) is 134 Å². The molecule has 0 saturated carbocycles. The van der Waals surface area contributed by atoms with Crippen LogP contribution in [-0.4, -0.2) is 96.7 Å². The molecule has 0 aromatic rings. The number of carbonyl (C=O) groups is 4. The molecule has 106 heavy (non-hydrogen) atoms. The Balaban J connectivity index is 5.43. The minimum Gasteiger partial charge on any atom is -0.462 e. The average Bonchev–Trinajstić information content (AvgIpc) is 0.928. The molecule has 0 fully saturated rings. The molecule has 0 aromatic heterocycles. The molecular formula is C87H148O17P2. The van der Waals surface area contributed by atoms with Gasteiger partial charge in [-0.05, 0) is 161 Å². The van der Waals surface area contributed by atoms with E-state index in [1.807, 2.05) is 12.2 Å². The SMILES string of the molecule is CC/C=C\C/C=C\C/C=C\C/C=C\C/C=C\CCCC(=O)OCC(COP(=O)(O)OCC(O)COP(=O)(O)OCC(COC(=O)CCCCCCCC/C=C\C/C=C\C/C=C\CCCCC)OC(=O)CCCCCCC/C=C\CCCCCCCC)OC(=O)CCCCCCC/C=C\C/C=C\CCCCC. The number of aliphatic hydroxyl groups is 1. The first-order valence-electron chi connectivity index (χ1n) is 41.4. The fourth-order valence-electron chi connectivity index (χ4n) is 10.8. The third-order valence-corrected chi connectivity index (χ3v) is 19.0. The van der Waals surface area contributed by atoms with E-state index in [1.165, 1.54) is 77.0 Å². The third-order valence-electron chi connectivity index (χ3n) is 17.1. The Labute approximate surface area is 644 Å². The number of rotatable bonds is 77. The number of allylic oxidation sites excluding steroid dienone is 22. The summed E-state index contributed by atoms with van der Waals surface area (Å²) in [5.74, 6) is -2.28. The number of unbranched alkanes of at least 4 members (excludes halogenated alkanes) is 29. The van der Waals surface area contributed by atoms with Gasteiger partial charge in [-0.3, -0.25) is 37.3 Å². The maximum Gasteiger partial charge on any atom is 0.472 e. The highest BCUT2D eigenvalue weighted by Crippen LogP contribution is 2.45. The molecule has 17 nitrogen and oxygen atoms in total. The highest BCUT2D eigenvalue weighted by Gasteiger charge is 2.30. The van der Waals surface area contributed by atoms with Crippen LogP contribution >= 0.6 is 15.6 Å². The highest BCUT2D eigenvalue weighted by atomic mass is 31.2. The van der Waals surface area contributed by atoms with Crippen molar-refractivity contribution in [1.82, 2.24) is 0 Å². The predicted molar refractivity (Wildman–Crippen MR) is 436 cm³/mol. The molecule has 0 aromatic carbocycles. The van der Waals surface area contributed by atoms with Crippen LogP contribution in [0.25, 0.3) is 0 Å². The van der Waals surface area contributed by atoms with Gasteiger partial charge in [-0.15, -0.1) is 0 Å². The van der Waals surface area contributed by atoms with Gasteiger partial charge in [0, 0.05) is 25.7 Å². The van der Waals surface area contributed by atoms with E-state index >= 15 is 0 Å². The Morgan fingerprint density at radius 2 is 0.500 bits per heavy atom. The van der Waals surface area contributed by atoms with E-state index in [4.69, 9.17) is 37.0 Å². The van der Waals surface area contributed by atoms with Gasteiger partial charge < -0.3 is 33.8 Å². The van der Waals surface area contributed by atoms with Crippen molar-refractivity contribution < 1.29 is 80.2 Å². The van der Waals surface area contributed by atoms with Crippen LogP contribution in [0.2, 0.25) is 0 Å². The lowest BCUT2D eigenvalue weighted by Gasteiger charge is -2.21. The lowest BCUT2D eigenvalue weighted by molar-refractivity contribution is -0.161. The third kappa shape index (κ3) is 77.4. The summed E-state index contributed by atoms with van der Waals surface area (Å²) >= 11 is 0. The minimum atomic E-state index is -5.00. The summed E-state index contributed by atoms with van der Waals surface area (Å²) in [6.45, 7) is 4.62. The normalized spacial score (nSPS) is 14.5. The number of hydrogen-bond acceptors (Lipinski definition) is 15. The van der Waals surface area contributed by atoms with Gasteiger partial charge in [0.2, 0.25) is 0 Å². The molecule has 608 valence electrons. The van der Waals surface area contributed by atoms with Crippen LogP contribution in [0.3, 0.4) is 0 Å². The Kier molecular flexibility index (Phi) is 74.8. The summed E-state index contributed by atoms with van der Waals surface area (Å²) in [7, 11) is -9.99. The Morgan fingerprint density at radius 1 is 0.274 bits per heavy atom. The predicted octanol–water partition coefficient (Wildman–Crippen LogP) is 24.4. The largest absolute Gasteiger partial charge is 0.472 e. The maximum atomic E-state index is 13.1. The van der Waals surface area contributed by atoms with Crippen molar-refractivity contribution in [2.24, 2.45) is 0 Å². The van der Waals surface area contributed by atoms with Crippen molar-refractivity contribution >= 4 is 39.5 Å². The standard InChI is InChI=1S/C87H148O17P2/c1-5-9-13-17-21-25-29-33-37-39-40-42-46-48-52-56-60-64-68-72-85(90)98-78-83(104-87(92)74-70-66-62-58-54-50-44-36-32-28-24-20-16-12-8-4)80-102-106(95,96)100-76-81(88)75-99-105(93,94)101-79-82(103-86(91)73-69-65-61-57-53-49-43-35-31-27-23-19-15-11-7-3)77-97-84(89)71-67-63-59-55-51-47-45-41-38-34-30-26-22-18-14-10-6-2/h10,14,21-23,25-27,33-38,40,42-45,47,55,59,81-83,88H,5-9,11-13,15-20,24,28-32,39,41,46,48-54,56-58,60-80H2,1-4H3,(H,93,94)(H,95,96)/b14-10-,25-21-,26-22-,27-23-,37-33-,38-34-,42-40-,43-35-,44-36-,47-45-,59-55-. The first-order chi connectivity index (χ1) is 51.7. The second-order valence-electron chi connectivity index (χ2n) is 27.3. The van der Waals surface area contributed by atoms with Gasteiger partial charge in [0.25, 0.3) is 0 Å². The lowest BCUT2D eigenvalue weighted by atomic mass is 10.1. The number of hydrogen-bond donors (Lipinski definition) is 3. The summed E-state index contributed by atoms with van der Waals surface area (Å²) in [5.41, 5.74) is 0. The highest BCUT2D eigenvalue weighted by molar-refractivity contribution is 7.47. The molecule has 19 heteroatoms. The van der Waals surface area contributed by atoms with Crippen LogP contribution in [0.5, 0.6) is 0 Å². The van der Waals surface area contributed by atoms with Crippen molar-refractivity contribution in [3.8, 4) is 0 Å². The van der Waals surface area contributed by atoms with E-state index < -0.39 is 97.5 Å². The van der Waals surface area contributed by atoms with Crippen molar-refractivity contribution in [1.29, 1.82) is 0 Å². The minimum absolute atomic E-state index is 0.0636. The van der Waals surface area contributed by atoms with Gasteiger partial charge in [0.1, 0.15) is 19.3 Å². The molecule has 5 atom stereocenters. The first kappa shape index (κ1) is 101. The van der Waals surface area contributed by atoms with Crippen LogP contribution in [-0.2, 0) is 65.4 Å². The summed E-state index contributed by atoms with van der Waals surface area (Å²) in [6.07, 6.45) is 88.5. The molecule has 0 bridgehead atoms. The topological polar surface area (TPSA) is 237 Å². The van der Waals surface area contributed by atoms with Crippen LogP contribution in [0, 0.1) is 0 Å². The first-order valence-corrected chi connectivity index (χ1v) is 44.4. The smallest absolute Gasteiger partial charge is 0.462 e. The zero-order valence-corrected chi connectivity index (χ0v) is 68.4. The zero-order valence-electron chi connectivity index (χ0n) is 66.6. The molecule has 0 spiro atoms. The van der Waals surface area contributed by atoms with E-state index in [9.17, 15) is 43.2 Å². The molecule has 0 aliphatic rings. The van der Waals surface area contributed by atoms with Crippen LogP contribution in [0.1, 0.15) is 336 Å². The van der Waals surface area contributed by atoms with E-state index in [-0.39, 0.29) is 25.7 Å². The van der Waals surface area contributed by atoms with E-state index in [0.717, 1.165) is 173 Å². The second kappa shape index (κ2) is 78.3. The van der Waals surface area contributed by atoms with Gasteiger partial charge in [-0.1, -0.05) is 283 Å². The number of carbonyl (C=O) groups excluding carboxylic acids is 4. The summed E-state index contributed by atoms with van der Waals surface area (Å²) in [6, 6.07) is 0. The van der Waals surface area contributed by atoms with Gasteiger partial charge in [-0.2, -0.15) is 0 Å². The molecule has 0 aliphatic carbocycles. The molecule has 0 heterocycles. The Morgan fingerprint density at radius 3 is 0.821 bits per heavy atom. The summed E-state index contributed by atoms with van der Waals surface area (Å²) < 4.78 is 68.6. The van der Waals surface area contributed by atoms with Crippen molar-refractivity contribution in [2.75, 3.05) is 39.6 Å². The van der Waals surface area contributed by atoms with Crippen LogP contribution in [0.15, 0.2) is 134 Å². The maximum absolute atomic E-state index is 13.1. The molecule has 0 radical (unpaired) electrons. The van der Waals surface area contributed by atoms with Gasteiger partial charge in [0.05, 0.1) is 26.4 Å². The fourth-order valence-corrected chi connectivity index (χ4v) is 12.3.